The molecule has 2 aromatic carbocycles. The average molecular weight is 387 g/mol. The Labute approximate surface area is 142 Å². The van der Waals surface area contributed by atoms with Gasteiger partial charge in [-0.05, 0) is 48.7 Å². The highest BCUT2D eigenvalue weighted by molar-refractivity contribution is 9.10. The van der Waals surface area contributed by atoms with Gasteiger partial charge in [0.25, 0.3) is 0 Å². The number of rotatable bonds is 5. The van der Waals surface area contributed by atoms with Crippen LogP contribution >= 0.6 is 39.1 Å². The highest BCUT2D eigenvalue weighted by atomic mass is 79.9. The summed E-state index contributed by atoms with van der Waals surface area (Å²) in [7, 11) is 0. The molecule has 1 aliphatic rings. The van der Waals surface area contributed by atoms with Gasteiger partial charge in [0.05, 0.1) is 10.0 Å². The Hall–Kier alpha value is -0.740. The van der Waals surface area contributed by atoms with E-state index in [-0.39, 0.29) is 0 Å². The SMILES string of the molecule is Clc1cc(CNC2CC2)ccc1Oc1cc(Br)ccc1Cl. The van der Waals surface area contributed by atoms with Crippen LogP contribution in [0.5, 0.6) is 11.5 Å². The van der Waals surface area contributed by atoms with Gasteiger partial charge < -0.3 is 10.1 Å². The van der Waals surface area contributed by atoms with Crippen LogP contribution in [-0.2, 0) is 6.54 Å². The largest absolute Gasteiger partial charge is 0.454 e. The first-order valence-corrected chi connectivity index (χ1v) is 8.31. The fourth-order valence-electron chi connectivity index (χ4n) is 1.96. The van der Waals surface area contributed by atoms with Gasteiger partial charge in [-0.15, -0.1) is 0 Å². The predicted molar refractivity (Wildman–Crippen MR) is 90.5 cm³/mol. The van der Waals surface area contributed by atoms with Gasteiger partial charge >= 0.3 is 0 Å². The van der Waals surface area contributed by atoms with E-state index in [2.05, 4.69) is 21.2 Å². The van der Waals surface area contributed by atoms with Gasteiger partial charge in [0.1, 0.15) is 11.5 Å². The summed E-state index contributed by atoms with van der Waals surface area (Å²) < 4.78 is 6.71. The number of halogens is 3. The van der Waals surface area contributed by atoms with Gasteiger partial charge in [-0.3, -0.25) is 0 Å². The third kappa shape index (κ3) is 4.13. The van der Waals surface area contributed by atoms with Crippen LogP contribution in [0.15, 0.2) is 40.9 Å². The summed E-state index contributed by atoms with van der Waals surface area (Å²) in [4.78, 5) is 0. The van der Waals surface area contributed by atoms with E-state index < -0.39 is 0 Å². The highest BCUT2D eigenvalue weighted by Crippen LogP contribution is 2.35. The number of ether oxygens (including phenoxy) is 1. The molecule has 1 N–H and O–H groups in total. The topological polar surface area (TPSA) is 21.3 Å². The maximum atomic E-state index is 6.29. The van der Waals surface area contributed by atoms with E-state index in [0.717, 1.165) is 16.6 Å². The van der Waals surface area contributed by atoms with Crippen molar-refractivity contribution in [2.45, 2.75) is 25.4 Å². The Kier molecular flexibility index (Phi) is 4.75. The van der Waals surface area contributed by atoms with Gasteiger partial charge in [0, 0.05) is 17.1 Å². The number of benzene rings is 2. The summed E-state index contributed by atoms with van der Waals surface area (Å²) in [5.41, 5.74) is 1.15. The molecule has 0 unspecified atom stereocenters. The molecule has 0 heterocycles. The van der Waals surface area contributed by atoms with Gasteiger partial charge in [-0.2, -0.15) is 0 Å². The van der Waals surface area contributed by atoms with Crippen molar-refractivity contribution < 1.29 is 4.74 Å². The Morgan fingerprint density at radius 1 is 1.05 bits per heavy atom. The fraction of sp³-hybridized carbons (Fsp3) is 0.250. The molecular formula is C16H14BrCl2NO. The van der Waals surface area contributed by atoms with Crippen molar-refractivity contribution in [3.05, 3.63) is 56.5 Å². The van der Waals surface area contributed by atoms with E-state index in [9.17, 15) is 0 Å². The van der Waals surface area contributed by atoms with Crippen molar-refractivity contribution in [3.63, 3.8) is 0 Å². The summed E-state index contributed by atoms with van der Waals surface area (Å²) in [6, 6.07) is 12.0. The second-order valence-electron chi connectivity index (χ2n) is 5.10. The third-order valence-corrected chi connectivity index (χ3v) is 4.38. The summed E-state index contributed by atoms with van der Waals surface area (Å²) in [5, 5.41) is 4.59. The van der Waals surface area contributed by atoms with Crippen molar-refractivity contribution in [1.29, 1.82) is 0 Å². The molecule has 0 bridgehead atoms. The summed E-state index contributed by atoms with van der Waals surface area (Å²) >= 11 is 15.8. The van der Waals surface area contributed by atoms with E-state index >= 15 is 0 Å². The van der Waals surface area contributed by atoms with Crippen molar-refractivity contribution in [1.82, 2.24) is 5.32 Å². The van der Waals surface area contributed by atoms with Crippen LogP contribution in [-0.4, -0.2) is 6.04 Å². The molecule has 0 radical (unpaired) electrons. The van der Waals surface area contributed by atoms with Crippen LogP contribution in [0.2, 0.25) is 10.0 Å². The molecule has 0 aliphatic heterocycles. The quantitative estimate of drug-likeness (QED) is 0.700. The molecule has 1 aliphatic carbocycles. The van der Waals surface area contributed by atoms with E-state index in [4.69, 9.17) is 27.9 Å². The molecule has 0 aromatic heterocycles. The first-order valence-electron chi connectivity index (χ1n) is 6.76. The number of hydrogen-bond acceptors (Lipinski definition) is 2. The van der Waals surface area contributed by atoms with Crippen LogP contribution in [0.1, 0.15) is 18.4 Å². The summed E-state index contributed by atoms with van der Waals surface area (Å²) in [5.74, 6) is 1.18. The molecule has 2 aromatic rings. The van der Waals surface area contributed by atoms with Crippen molar-refractivity contribution >= 4 is 39.1 Å². The Morgan fingerprint density at radius 2 is 1.86 bits per heavy atom. The van der Waals surface area contributed by atoms with E-state index in [1.807, 2.05) is 30.3 Å². The molecule has 5 heteroatoms. The summed E-state index contributed by atoms with van der Waals surface area (Å²) in [6.07, 6.45) is 2.55. The minimum absolute atomic E-state index is 0.550. The van der Waals surface area contributed by atoms with Gasteiger partial charge in [0.2, 0.25) is 0 Å². The van der Waals surface area contributed by atoms with Gasteiger partial charge in [-0.25, -0.2) is 0 Å². The van der Waals surface area contributed by atoms with Crippen LogP contribution < -0.4 is 10.1 Å². The lowest BCUT2D eigenvalue weighted by molar-refractivity contribution is 0.482. The minimum Gasteiger partial charge on any atom is -0.454 e. The molecular weight excluding hydrogens is 373 g/mol. The minimum atomic E-state index is 0.550. The second-order valence-corrected chi connectivity index (χ2v) is 6.83. The molecule has 3 rings (SSSR count). The van der Waals surface area contributed by atoms with Gasteiger partial charge in [0.15, 0.2) is 0 Å². The van der Waals surface area contributed by atoms with E-state index in [0.29, 0.717) is 27.6 Å². The lowest BCUT2D eigenvalue weighted by Gasteiger charge is -2.11. The molecule has 21 heavy (non-hydrogen) atoms. The number of nitrogens with one attached hydrogen (secondary N) is 1. The van der Waals surface area contributed by atoms with Crippen molar-refractivity contribution in [2.75, 3.05) is 0 Å². The zero-order chi connectivity index (χ0) is 14.8. The van der Waals surface area contributed by atoms with Crippen molar-refractivity contribution in [3.8, 4) is 11.5 Å². The van der Waals surface area contributed by atoms with Crippen molar-refractivity contribution in [2.24, 2.45) is 0 Å². The zero-order valence-electron chi connectivity index (χ0n) is 11.2. The Bertz CT molecular complexity index is 659. The molecule has 1 saturated carbocycles. The first-order chi connectivity index (χ1) is 10.1. The maximum Gasteiger partial charge on any atom is 0.147 e. The molecule has 2 nitrogen and oxygen atoms in total. The normalized spacial score (nSPS) is 14.2. The molecule has 1 fully saturated rings. The molecule has 110 valence electrons. The van der Waals surface area contributed by atoms with Crippen LogP contribution in [0, 0.1) is 0 Å². The first kappa shape index (κ1) is 15.2. The fourth-order valence-corrected chi connectivity index (χ4v) is 2.70. The lowest BCUT2D eigenvalue weighted by Crippen LogP contribution is -2.15. The molecule has 0 spiro atoms. The van der Waals surface area contributed by atoms with Crippen LogP contribution in [0.25, 0.3) is 0 Å². The lowest BCUT2D eigenvalue weighted by atomic mass is 10.2. The maximum absolute atomic E-state index is 6.29. The second kappa shape index (κ2) is 6.57. The smallest absolute Gasteiger partial charge is 0.147 e. The molecule has 0 amide bonds. The summed E-state index contributed by atoms with van der Waals surface area (Å²) in [6.45, 7) is 0.836. The average Bonchev–Trinajstić information content (AvgIpc) is 3.27. The van der Waals surface area contributed by atoms with Gasteiger partial charge in [-0.1, -0.05) is 45.2 Å². The zero-order valence-corrected chi connectivity index (χ0v) is 14.3. The monoisotopic (exact) mass is 385 g/mol. The molecule has 0 saturated heterocycles. The van der Waals surface area contributed by atoms with E-state index in [1.54, 1.807) is 6.07 Å². The Balaban J connectivity index is 1.74. The Morgan fingerprint density at radius 3 is 2.57 bits per heavy atom. The molecule has 0 atom stereocenters. The van der Waals surface area contributed by atoms with E-state index in [1.165, 1.54) is 12.8 Å². The third-order valence-electron chi connectivity index (χ3n) is 3.28. The standard InChI is InChI=1S/C16H14BrCl2NO/c17-11-2-5-13(18)16(8-11)21-15-6-1-10(7-14(15)19)9-20-12-3-4-12/h1-2,5-8,12,20H,3-4,9H2. The van der Waals surface area contributed by atoms with Crippen LogP contribution in [0.4, 0.5) is 0 Å². The predicted octanol–water partition coefficient (Wildman–Crippen LogP) is 5.80. The highest BCUT2D eigenvalue weighted by Gasteiger charge is 2.20. The number of hydrogen-bond donors (Lipinski definition) is 1. The van der Waals surface area contributed by atoms with Crippen LogP contribution in [0.3, 0.4) is 0 Å².